The zero-order valence-electron chi connectivity index (χ0n) is 21.5. The van der Waals surface area contributed by atoms with E-state index in [-0.39, 0.29) is 30.4 Å². The number of hydrogen-bond acceptors (Lipinski definition) is 3. The number of hydrogen-bond donors (Lipinski definition) is 1. The lowest BCUT2D eigenvalue weighted by atomic mass is 9.87. The summed E-state index contributed by atoms with van der Waals surface area (Å²) in [6, 6.07) is 24.1. The highest BCUT2D eigenvalue weighted by Crippen LogP contribution is 2.24. The lowest BCUT2D eigenvalue weighted by Crippen LogP contribution is -2.51. The lowest BCUT2D eigenvalue weighted by Gasteiger charge is -2.31. The van der Waals surface area contributed by atoms with Gasteiger partial charge in [0.05, 0.1) is 0 Å². The molecule has 190 valence electrons. The van der Waals surface area contributed by atoms with Crippen LogP contribution in [0.1, 0.15) is 44.4 Å². The van der Waals surface area contributed by atoms with E-state index < -0.39 is 6.04 Å². The molecule has 36 heavy (non-hydrogen) atoms. The summed E-state index contributed by atoms with van der Waals surface area (Å²) >= 11 is 6.21. The Kier molecular flexibility index (Phi) is 9.54. The topological polar surface area (TPSA) is 58.6 Å². The maximum atomic E-state index is 13.6. The molecule has 0 fully saturated rings. The van der Waals surface area contributed by atoms with Gasteiger partial charge in [0.1, 0.15) is 11.8 Å². The van der Waals surface area contributed by atoms with Gasteiger partial charge in [-0.25, -0.2) is 0 Å². The largest absolute Gasteiger partial charge is 0.484 e. The van der Waals surface area contributed by atoms with Crippen molar-refractivity contribution in [2.45, 2.75) is 52.1 Å². The van der Waals surface area contributed by atoms with E-state index in [4.69, 9.17) is 16.3 Å². The first-order valence-corrected chi connectivity index (χ1v) is 12.6. The molecule has 5 nitrogen and oxygen atoms in total. The number of carbonyl (C=O) groups is 2. The van der Waals surface area contributed by atoms with Crippen molar-refractivity contribution in [1.29, 1.82) is 0 Å². The van der Waals surface area contributed by atoms with Gasteiger partial charge < -0.3 is 15.0 Å². The van der Waals surface area contributed by atoms with E-state index in [2.05, 4.69) is 26.1 Å². The molecule has 0 spiro atoms. The Morgan fingerprint density at radius 2 is 1.61 bits per heavy atom. The van der Waals surface area contributed by atoms with E-state index in [1.807, 2.05) is 79.7 Å². The van der Waals surface area contributed by atoms with Crippen LogP contribution in [0.5, 0.6) is 5.75 Å². The van der Waals surface area contributed by atoms with Crippen molar-refractivity contribution < 1.29 is 14.3 Å². The van der Waals surface area contributed by atoms with Gasteiger partial charge in [-0.2, -0.15) is 0 Å². The predicted octanol–water partition coefficient (Wildman–Crippen LogP) is 5.79. The van der Waals surface area contributed by atoms with Gasteiger partial charge in [0, 0.05) is 24.5 Å². The smallest absolute Gasteiger partial charge is 0.261 e. The Bertz CT molecular complexity index is 1140. The zero-order valence-corrected chi connectivity index (χ0v) is 22.2. The SMILES string of the molecule is CCNC(=O)[C@H](Cc1ccccc1)N(Cc1cccc(Cl)c1)C(=O)COc1ccc(C(C)(C)C)cc1. The lowest BCUT2D eigenvalue weighted by molar-refractivity contribution is -0.142. The molecule has 3 aromatic carbocycles. The number of halogens is 1. The molecule has 2 amide bonds. The van der Waals surface area contributed by atoms with E-state index in [9.17, 15) is 9.59 Å². The molecule has 0 heterocycles. The van der Waals surface area contributed by atoms with Crippen molar-refractivity contribution >= 4 is 23.4 Å². The predicted molar refractivity (Wildman–Crippen MR) is 145 cm³/mol. The molecule has 3 rings (SSSR count). The Balaban J connectivity index is 1.86. The third kappa shape index (κ3) is 7.85. The van der Waals surface area contributed by atoms with Crippen LogP contribution in [-0.4, -0.2) is 35.9 Å². The van der Waals surface area contributed by atoms with Gasteiger partial charge in [-0.15, -0.1) is 0 Å². The first kappa shape index (κ1) is 27.3. The fraction of sp³-hybridized carbons (Fsp3) is 0.333. The summed E-state index contributed by atoms with van der Waals surface area (Å²) in [7, 11) is 0. The molecule has 0 saturated heterocycles. The number of rotatable bonds is 10. The molecular formula is C30H35ClN2O3. The number of nitrogens with one attached hydrogen (secondary N) is 1. The quantitative estimate of drug-likeness (QED) is 0.378. The molecule has 3 aromatic rings. The van der Waals surface area contributed by atoms with Crippen molar-refractivity contribution in [1.82, 2.24) is 10.2 Å². The van der Waals surface area contributed by atoms with Crippen molar-refractivity contribution in [3.8, 4) is 5.75 Å². The monoisotopic (exact) mass is 506 g/mol. The highest BCUT2D eigenvalue weighted by molar-refractivity contribution is 6.30. The zero-order chi connectivity index (χ0) is 26.1. The van der Waals surface area contributed by atoms with Gasteiger partial charge in [0.2, 0.25) is 5.91 Å². The van der Waals surface area contributed by atoms with Crippen molar-refractivity contribution in [3.05, 3.63) is 101 Å². The maximum Gasteiger partial charge on any atom is 0.261 e. The van der Waals surface area contributed by atoms with Gasteiger partial charge in [0.25, 0.3) is 5.91 Å². The second-order valence-corrected chi connectivity index (χ2v) is 10.3. The van der Waals surface area contributed by atoms with Gasteiger partial charge in [-0.1, -0.05) is 87.0 Å². The van der Waals surface area contributed by atoms with Gasteiger partial charge in [0.15, 0.2) is 6.61 Å². The molecule has 0 aromatic heterocycles. The highest BCUT2D eigenvalue weighted by atomic mass is 35.5. The van der Waals surface area contributed by atoms with E-state index >= 15 is 0 Å². The molecule has 6 heteroatoms. The minimum Gasteiger partial charge on any atom is -0.484 e. The third-order valence-electron chi connectivity index (χ3n) is 5.95. The van der Waals surface area contributed by atoms with Crippen LogP contribution in [0.2, 0.25) is 5.02 Å². The van der Waals surface area contributed by atoms with Crippen LogP contribution in [0, 0.1) is 0 Å². The highest BCUT2D eigenvalue weighted by Gasteiger charge is 2.30. The van der Waals surface area contributed by atoms with E-state index in [0.717, 1.165) is 11.1 Å². The molecule has 0 saturated carbocycles. The van der Waals surface area contributed by atoms with Gasteiger partial charge in [-0.05, 0) is 53.3 Å². The normalized spacial score (nSPS) is 12.0. The Morgan fingerprint density at radius 1 is 0.944 bits per heavy atom. The fourth-order valence-corrected chi connectivity index (χ4v) is 4.17. The number of nitrogens with zero attached hydrogens (tertiary/aromatic N) is 1. The first-order valence-electron chi connectivity index (χ1n) is 12.3. The molecule has 0 aliphatic heterocycles. The molecule has 0 unspecified atom stereocenters. The van der Waals surface area contributed by atoms with Gasteiger partial charge in [-0.3, -0.25) is 9.59 Å². The average Bonchev–Trinajstić information content (AvgIpc) is 2.85. The van der Waals surface area contributed by atoms with Crippen molar-refractivity contribution in [3.63, 3.8) is 0 Å². The molecule has 0 bridgehead atoms. The average molecular weight is 507 g/mol. The standard InChI is InChI=1S/C30H35ClN2O3/c1-5-32-29(35)27(19-22-10-7-6-8-11-22)33(20-23-12-9-13-25(31)18-23)28(34)21-36-26-16-14-24(15-17-26)30(2,3)4/h6-18,27H,5,19-21H2,1-4H3,(H,32,35)/t27-/m0/s1. The van der Waals surface area contributed by atoms with E-state index in [0.29, 0.717) is 23.7 Å². The summed E-state index contributed by atoms with van der Waals surface area (Å²) in [5.41, 5.74) is 3.02. The molecular weight excluding hydrogens is 472 g/mol. The molecule has 0 aliphatic rings. The molecule has 0 radical (unpaired) electrons. The molecule has 0 aliphatic carbocycles. The summed E-state index contributed by atoms with van der Waals surface area (Å²) in [4.78, 5) is 28.3. The second kappa shape index (κ2) is 12.6. The first-order chi connectivity index (χ1) is 17.2. The summed E-state index contributed by atoms with van der Waals surface area (Å²) in [5, 5.41) is 3.47. The number of ether oxygens (including phenoxy) is 1. The molecule has 1 atom stereocenters. The second-order valence-electron chi connectivity index (χ2n) is 9.81. The third-order valence-corrected chi connectivity index (χ3v) is 6.18. The van der Waals surface area contributed by atoms with Crippen LogP contribution in [-0.2, 0) is 28.0 Å². The summed E-state index contributed by atoms with van der Waals surface area (Å²) in [6.45, 7) is 8.84. The summed E-state index contributed by atoms with van der Waals surface area (Å²) < 4.78 is 5.87. The minimum atomic E-state index is -0.703. The number of likely N-dealkylation sites (N-methyl/N-ethyl adjacent to an activating group) is 1. The van der Waals surface area contributed by atoms with Crippen LogP contribution in [0.4, 0.5) is 0 Å². The Morgan fingerprint density at radius 3 is 2.22 bits per heavy atom. The van der Waals surface area contributed by atoms with Gasteiger partial charge >= 0.3 is 0 Å². The van der Waals surface area contributed by atoms with Crippen LogP contribution in [0.15, 0.2) is 78.9 Å². The maximum absolute atomic E-state index is 13.6. The van der Waals surface area contributed by atoms with E-state index in [1.165, 1.54) is 5.56 Å². The number of amides is 2. The minimum absolute atomic E-state index is 0.0272. The Hall–Kier alpha value is -3.31. The van der Waals surface area contributed by atoms with Crippen LogP contribution < -0.4 is 10.1 Å². The number of benzene rings is 3. The molecule has 1 N–H and O–H groups in total. The Labute approximate surface area is 219 Å². The van der Waals surface area contributed by atoms with Crippen LogP contribution in [0.25, 0.3) is 0 Å². The summed E-state index contributed by atoms with van der Waals surface area (Å²) in [6.07, 6.45) is 0.388. The number of carbonyl (C=O) groups excluding carboxylic acids is 2. The fourth-order valence-electron chi connectivity index (χ4n) is 3.96. The van der Waals surface area contributed by atoms with Crippen molar-refractivity contribution in [2.75, 3.05) is 13.2 Å². The van der Waals surface area contributed by atoms with Crippen molar-refractivity contribution in [2.24, 2.45) is 0 Å². The summed E-state index contributed by atoms with van der Waals surface area (Å²) in [5.74, 6) is 0.130. The van der Waals surface area contributed by atoms with Crippen LogP contribution >= 0.6 is 11.6 Å². The van der Waals surface area contributed by atoms with Crippen LogP contribution in [0.3, 0.4) is 0 Å². The van der Waals surface area contributed by atoms with E-state index in [1.54, 1.807) is 11.0 Å².